The standard InChI is InChI=1S/C15H18BrNO3/c16-8-4-1-5-9-17-13-7-3-2-6-12(13)15(14(17)18)19-10-11-20-15/h2-3,6-7H,1,4-5,8-11H2. The summed E-state index contributed by atoms with van der Waals surface area (Å²) in [6.07, 6.45) is 3.22. The summed E-state index contributed by atoms with van der Waals surface area (Å²) in [5, 5.41) is 1.01. The number of amides is 1. The van der Waals surface area contributed by atoms with Crippen molar-refractivity contribution in [1.82, 2.24) is 0 Å². The lowest BCUT2D eigenvalue weighted by atomic mass is 10.1. The molecule has 1 spiro atoms. The first-order valence-electron chi connectivity index (χ1n) is 7.05. The predicted molar refractivity (Wildman–Crippen MR) is 80.0 cm³/mol. The molecule has 0 aliphatic carbocycles. The van der Waals surface area contributed by atoms with E-state index in [9.17, 15) is 4.79 Å². The number of rotatable bonds is 5. The number of unbranched alkanes of at least 4 members (excludes halogenated alkanes) is 2. The molecule has 2 aliphatic heterocycles. The summed E-state index contributed by atoms with van der Waals surface area (Å²) >= 11 is 3.43. The number of para-hydroxylation sites is 1. The number of hydrogen-bond donors (Lipinski definition) is 0. The van der Waals surface area contributed by atoms with Crippen LogP contribution in [0.25, 0.3) is 0 Å². The van der Waals surface area contributed by atoms with Crippen LogP contribution in [0.3, 0.4) is 0 Å². The minimum atomic E-state index is -1.17. The molecule has 5 heteroatoms. The summed E-state index contributed by atoms with van der Waals surface area (Å²) in [6.45, 7) is 1.66. The average molecular weight is 340 g/mol. The fourth-order valence-corrected chi connectivity index (χ4v) is 3.24. The molecule has 0 N–H and O–H groups in total. The molecule has 4 nitrogen and oxygen atoms in total. The Balaban J connectivity index is 1.83. The molecule has 0 saturated carbocycles. The molecule has 3 rings (SSSR count). The fourth-order valence-electron chi connectivity index (χ4n) is 2.84. The van der Waals surface area contributed by atoms with E-state index in [2.05, 4.69) is 15.9 Å². The SMILES string of the molecule is O=C1N(CCCCCBr)c2ccccc2C12OCCO2. The van der Waals surface area contributed by atoms with Crippen molar-refractivity contribution in [2.45, 2.75) is 25.0 Å². The highest BCUT2D eigenvalue weighted by molar-refractivity contribution is 9.09. The summed E-state index contributed by atoms with van der Waals surface area (Å²) in [6, 6.07) is 7.77. The van der Waals surface area contributed by atoms with Gasteiger partial charge in [-0.2, -0.15) is 0 Å². The number of carbonyl (C=O) groups is 1. The summed E-state index contributed by atoms with van der Waals surface area (Å²) in [4.78, 5) is 14.5. The summed E-state index contributed by atoms with van der Waals surface area (Å²) < 4.78 is 11.4. The molecule has 1 aromatic carbocycles. The number of anilines is 1. The van der Waals surface area contributed by atoms with Gasteiger partial charge in [0.1, 0.15) is 0 Å². The molecule has 1 aromatic rings. The Morgan fingerprint density at radius 3 is 2.65 bits per heavy atom. The third kappa shape index (κ3) is 2.18. The third-order valence-corrected chi connectivity index (χ3v) is 4.35. The van der Waals surface area contributed by atoms with E-state index in [0.717, 1.165) is 42.4 Å². The normalized spacial score (nSPS) is 19.9. The van der Waals surface area contributed by atoms with Crippen molar-refractivity contribution in [2.75, 3.05) is 30.0 Å². The second kappa shape index (κ2) is 5.84. The molecule has 1 amide bonds. The first-order chi connectivity index (χ1) is 9.79. The molecule has 1 saturated heterocycles. The minimum absolute atomic E-state index is 0.0740. The molecule has 1 fully saturated rings. The van der Waals surface area contributed by atoms with Crippen molar-refractivity contribution in [3.8, 4) is 0 Å². The Morgan fingerprint density at radius 1 is 1.15 bits per heavy atom. The van der Waals surface area contributed by atoms with Gasteiger partial charge >= 0.3 is 0 Å². The fraction of sp³-hybridized carbons (Fsp3) is 0.533. The van der Waals surface area contributed by atoms with Crippen LogP contribution in [0.15, 0.2) is 24.3 Å². The second-order valence-electron chi connectivity index (χ2n) is 5.04. The zero-order valence-corrected chi connectivity index (χ0v) is 12.9. The molecule has 0 aromatic heterocycles. The highest BCUT2D eigenvalue weighted by Crippen LogP contribution is 2.45. The van der Waals surface area contributed by atoms with Crippen molar-refractivity contribution < 1.29 is 14.3 Å². The van der Waals surface area contributed by atoms with Gasteiger partial charge in [0.2, 0.25) is 0 Å². The van der Waals surface area contributed by atoms with Gasteiger partial charge in [-0.3, -0.25) is 4.79 Å². The van der Waals surface area contributed by atoms with Crippen LogP contribution in [0.4, 0.5) is 5.69 Å². The predicted octanol–water partition coefficient (Wildman–Crippen LogP) is 2.80. The molecule has 2 heterocycles. The number of alkyl halides is 1. The smallest absolute Gasteiger partial charge is 0.292 e. The van der Waals surface area contributed by atoms with Gasteiger partial charge in [0.05, 0.1) is 18.9 Å². The lowest BCUT2D eigenvalue weighted by molar-refractivity contribution is -0.180. The Labute approximate surface area is 127 Å². The summed E-state index contributed by atoms with van der Waals surface area (Å²) in [7, 11) is 0. The molecule has 0 atom stereocenters. The lowest BCUT2D eigenvalue weighted by Gasteiger charge is -2.22. The Bertz CT molecular complexity index is 500. The van der Waals surface area contributed by atoms with Crippen molar-refractivity contribution >= 4 is 27.5 Å². The Morgan fingerprint density at radius 2 is 1.90 bits per heavy atom. The lowest BCUT2D eigenvalue weighted by Crippen LogP contribution is -2.41. The summed E-state index contributed by atoms with van der Waals surface area (Å²) in [5.41, 5.74) is 1.78. The zero-order valence-electron chi connectivity index (χ0n) is 11.3. The number of carbonyl (C=O) groups excluding carboxylic acids is 1. The van der Waals surface area contributed by atoms with Gasteiger partial charge < -0.3 is 14.4 Å². The van der Waals surface area contributed by atoms with E-state index < -0.39 is 5.79 Å². The number of ether oxygens (including phenoxy) is 2. The van der Waals surface area contributed by atoms with Gasteiger partial charge in [0, 0.05) is 17.4 Å². The number of hydrogen-bond acceptors (Lipinski definition) is 3. The van der Waals surface area contributed by atoms with Crippen molar-refractivity contribution in [1.29, 1.82) is 0 Å². The van der Waals surface area contributed by atoms with E-state index in [4.69, 9.17) is 9.47 Å². The quantitative estimate of drug-likeness (QED) is 0.611. The van der Waals surface area contributed by atoms with Crippen LogP contribution in [0.1, 0.15) is 24.8 Å². The van der Waals surface area contributed by atoms with Crippen LogP contribution in [-0.2, 0) is 20.1 Å². The van der Waals surface area contributed by atoms with Crippen molar-refractivity contribution in [3.05, 3.63) is 29.8 Å². The number of nitrogens with zero attached hydrogens (tertiary/aromatic N) is 1. The van der Waals surface area contributed by atoms with Gasteiger partial charge in [-0.15, -0.1) is 0 Å². The first kappa shape index (κ1) is 14.0. The first-order valence-corrected chi connectivity index (χ1v) is 8.17. The molecule has 20 heavy (non-hydrogen) atoms. The monoisotopic (exact) mass is 339 g/mol. The molecule has 0 unspecified atom stereocenters. The maximum absolute atomic E-state index is 12.7. The van der Waals surface area contributed by atoms with Gasteiger partial charge in [0.15, 0.2) is 0 Å². The molecular formula is C15H18BrNO3. The topological polar surface area (TPSA) is 38.8 Å². The molecule has 0 radical (unpaired) electrons. The summed E-state index contributed by atoms with van der Waals surface area (Å²) in [5.74, 6) is -1.25. The number of benzene rings is 1. The number of fused-ring (bicyclic) bond motifs is 2. The molecule has 108 valence electrons. The van der Waals surface area contributed by atoms with Crippen molar-refractivity contribution in [3.63, 3.8) is 0 Å². The van der Waals surface area contributed by atoms with E-state index in [1.54, 1.807) is 0 Å². The van der Waals surface area contributed by atoms with E-state index in [-0.39, 0.29) is 5.91 Å². The van der Waals surface area contributed by atoms with Crippen LogP contribution in [0.2, 0.25) is 0 Å². The zero-order chi connectivity index (χ0) is 14.0. The van der Waals surface area contributed by atoms with E-state index in [1.165, 1.54) is 0 Å². The minimum Gasteiger partial charge on any atom is -0.336 e. The average Bonchev–Trinajstić information content (AvgIpc) is 3.05. The van der Waals surface area contributed by atoms with Crippen LogP contribution < -0.4 is 4.90 Å². The van der Waals surface area contributed by atoms with E-state index in [0.29, 0.717) is 13.2 Å². The van der Waals surface area contributed by atoms with E-state index >= 15 is 0 Å². The maximum Gasteiger partial charge on any atom is 0.292 e. The highest BCUT2D eigenvalue weighted by atomic mass is 79.9. The van der Waals surface area contributed by atoms with Crippen LogP contribution in [0.5, 0.6) is 0 Å². The third-order valence-electron chi connectivity index (χ3n) is 3.79. The Hall–Kier alpha value is -0.910. The van der Waals surface area contributed by atoms with Gasteiger partial charge in [-0.25, -0.2) is 0 Å². The molecular weight excluding hydrogens is 322 g/mol. The largest absolute Gasteiger partial charge is 0.336 e. The van der Waals surface area contributed by atoms with Gasteiger partial charge in [-0.1, -0.05) is 40.5 Å². The highest BCUT2D eigenvalue weighted by Gasteiger charge is 2.55. The number of halogens is 1. The van der Waals surface area contributed by atoms with Crippen molar-refractivity contribution in [2.24, 2.45) is 0 Å². The maximum atomic E-state index is 12.7. The van der Waals surface area contributed by atoms with Gasteiger partial charge in [0.25, 0.3) is 11.7 Å². The molecule has 0 bridgehead atoms. The Kier molecular flexibility index (Phi) is 4.10. The van der Waals surface area contributed by atoms with E-state index in [1.807, 2.05) is 29.2 Å². The van der Waals surface area contributed by atoms with Gasteiger partial charge in [-0.05, 0) is 18.9 Å². The van der Waals surface area contributed by atoms with Crippen LogP contribution >= 0.6 is 15.9 Å². The van der Waals surface area contributed by atoms with Crippen LogP contribution in [-0.4, -0.2) is 31.0 Å². The second-order valence-corrected chi connectivity index (χ2v) is 5.83. The molecule has 2 aliphatic rings. The van der Waals surface area contributed by atoms with Crippen LogP contribution in [0, 0.1) is 0 Å².